The minimum atomic E-state index is 0.151. The first-order valence-electron chi connectivity index (χ1n) is 10.3. The third kappa shape index (κ3) is 5.71. The molecule has 3 rings (SSSR count). The fraction of sp³-hybridized carbons (Fsp3) is 0.400. The molecule has 0 spiro atoms. The highest BCUT2D eigenvalue weighted by atomic mass is 15.4. The van der Waals surface area contributed by atoms with Gasteiger partial charge in [0.15, 0.2) is 0 Å². The van der Waals surface area contributed by atoms with Crippen molar-refractivity contribution in [2.45, 2.75) is 51.6 Å². The lowest BCUT2D eigenvalue weighted by Gasteiger charge is -2.37. The Labute approximate surface area is 170 Å². The van der Waals surface area contributed by atoms with Crippen molar-refractivity contribution in [1.29, 1.82) is 0 Å². The van der Waals surface area contributed by atoms with Crippen molar-refractivity contribution >= 4 is 5.84 Å². The van der Waals surface area contributed by atoms with E-state index in [1.54, 1.807) is 0 Å². The summed E-state index contributed by atoms with van der Waals surface area (Å²) in [6.07, 6.45) is 31.3. The average molecular weight is 374 g/mol. The fourth-order valence-electron chi connectivity index (χ4n) is 3.56. The molecule has 0 bridgehead atoms. The van der Waals surface area contributed by atoms with E-state index in [1.165, 1.54) is 16.7 Å². The van der Waals surface area contributed by atoms with E-state index < -0.39 is 0 Å². The van der Waals surface area contributed by atoms with Gasteiger partial charge in [-0.15, -0.1) is 12.3 Å². The summed E-state index contributed by atoms with van der Waals surface area (Å²) in [6, 6.07) is 0. The Hall–Kier alpha value is -2.57. The maximum Gasteiger partial charge on any atom is 0.127 e. The van der Waals surface area contributed by atoms with Gasteiger partial charge in [0.05, 0.1) is 6.67 Å². The van der Waals surface area contributed by atoms with Crippen LogP contribution in [-0.4, -0.2) is 30.1 Å². The molecule has 0 radical (unpaired) electrons. The van der Waals surface area contributed by atoms with Gasteiger partial charge >= 0.3 is 0 Å². The van der Waals surface area contributed by atoms with E-state index in [1.807, 2.05) is 0 Å². The summed E-state index contributed by atoms with van der Waals surface area (Å²) < 4.78 is 0. The van der Waals surface area contributed by atoms with Crippen LogP contribution in [0.25, 0.3) is 0 Å². The molecule has 3 heteroatoms. The molecule has 1 unspecified atom stereocenters. The van der Waals surface area contributed by atoms with Crippen LogP contribution in [0.15, 0.2) is 76.4 Å². The largest absolute Gasteiger partial charge is 0.351 e. The summed E-state index contributed by atoms with van der Waals surface area (Å²) in [5.74, 6) is 3.74. The maximum absolute atomic E-state index is 5.31. The number of amidine groups is 1. The quantitative estimate of drug-likeness (QED) is 0.384. The Morgan fingerprint density at radius 2 is 2.11 bits per heavy atom. The van der Waals surface area contributed by atoms with Crippen LogP contribution in [0.3, 0.4) is 0 Å². The zero-order chi connectivity index (χ0) is 19.6. The summed E-state index contributed by atoms with van der Waals surface area (Å²) in [6.45, 7) is 3.88. The molecule has 0 saturated carbocycles. The van der Waals surface area contributed by atoms with E-state index in [2.05, 4.69) is 77.7 Å². The molecule has 146 valence electrons. The Balaban J connectivity index is 1.72. The molecule has 1 atom stereocenters. The van der Waals surface area contributed by atoms with Gasteiger partial charge in [-0.3, -0.25) is 9.89 Å². The second kappa shape index (κ2) is 10.7. The molecule has 28 heavy (non-hydrogen) atoms. The van der Waals surface area contributed by atoms with Crippen molar-refractivity contribution in [3.63, 3.8) is 0 Å². The van der Waals surface area contributed by atoms with Gasteiger partial charge in [-0.05, 0) is 50.2 Å². The maximum atomic E-state index is 5.31. The molecular formula is C25H31N3. The van der Waals surface area contributed by atoms with Gasteiger partial charge in [0.2, 0.25) is 0 Å². The first-order chi connectivity index (χ1) is 13.8. The predicted molar refractivity (Wildman–Crippen MR) is 120 cm³/mol. The van der Waals surface area contributed by atoms with Crippen molar-refractivity contribution in [3.8, 4) is 12.3 Å². The van der Waals surface area contributed by atoms with Crippen LogP contribution in [0, 0.1) is 12.3 Å². The molecule has 0 amide bonds. The number of nitrogens with one attached hydrogen (secondary N) is 1. The first kappa shape index (κ1) is 20.2. The molecule has 2 aliphatic carbocycles. The summed E-state index contributed by atoms with van der Waals surface area (Å²) in [7, 11) is 0. The van der Waals surface area contributed by atoms with E-state index >= 15 is 0 Å². The van der Waals surface area contributed by atoms with Crippen LogP contribution in [0.1, 0.15) is 45.4 Å². The van der Waals surface area contributed by atoms with Gasteiger partial charge in [-0.2, -0.15) is 0 Å². The van der Waals surface area contributed by atoms with E-state index in [9.17, 15) is 0 Å². The zero-order valence-electron chi connectivity index (χ0n) is 16.9. The normalized spacial score (nSPS) is 22.6. The zero-order valence-corrected chi connectivity index (χ0v) is 16.9. The smallest absolute Gasteiger partial charge is 0.127 e. The third-order valence-corrected chi connectivity index (χ3v) is 5.24. The number of hydrogen-bond acceptors (Lipinski definition) is 3. The second-order valence-corrected chi connectivity index (χ2v) is 7.45. The molecule has 1 heterocycles. The van der Waals surface area contributed by atoms with Crippen molar-refractivity contribution in [1.82, 2.24) is 10.2 Å². The molecule has 0 fully saturated rings. The van der Waals surface area contributed by atoms with Gasteiger partial charge in [0, 0.05) is 13.0 Å². The Bertz CT molecular complexity index is 796. The Kier molecular flexibility index (Phi) is 7.70. The van der Waals surface area contributed by atoms with Crippen molar-refractivity contribution < 1.29 is 0 Å². The van der Waals surface area contributed by atoms with E-state index in [0.717, 1.165) is 57.6 Å². The Morgan fingerprint density at radius 1 is 1.21 bits per heavy atom. The molecule has 3 aliphatic rings. The number of rotatable bonds is 7. The minimum absolute atomic E-state index is 0.151. The van der Waals surface area contributed by atoms with Crippen molar-refractivity contribution in [3.05, 3.63) is 71.4 Å². The fourth-order valence-corrected chi connectivity index (χ4v) is 3.56. The third-order valence-electron chi connectivity index (χ3n) is 5.24. The van der Waals surface area contributed by atoms with Crippen LogP contribution < -0.4 is 5.32 Å². The molecule has 0 saturated heterocycles. The van der Waals surface area contributed by atoms with Crippen molar-refractivity contribution in [2.75, 3.05) is 13.2 Å². The highest BCUT2D eigenvalue weighted by Crippen LogP contribution is 2.23. The van der Waals surface area contributed by atoms with Crippen LogP contribution in [0.5, 0.6) is 0 Å². The highest BCUT2D eigenvalue weighted by molar-refractivity contribution is 5.99. The molecule has 0 aromatic carbocycles. The van der Waals surface area contributed by atoms with Gasteiger partial charge < -0.3 is 5.32 Å². The van der Waals surface area contributed by atoms with E-state index in [-0.39, 0.29) is 6.17 Å². The lowest BCUT2D eigenvalue weighted by molar-refractivity contribution is 0.209. The number of nitrogens with zero attached hydrogens (tertiary/aromatic N) is 2. The average Bonchev–Trinajstić information content (AvgIpc) is 3.01. The number of allylic oxidation sites excluding steroid dienone is 8. The SMILES string of the molecule is C#CCC/C=C\CCN1CN=C(C2=CC=C(C)CC2)NC1C1=CC=CCC=C1. The number of terminal acetylenes is 1. The lowest BCUT2D eigenvalue weighted by Crippen LogP contribution is -2.53. The summed E-state index contributed by atoms with van der Waals surface area (Å²) in [5.41, 5.74) is 4.05. The summed E-state index contributed by atoms with van der Waals surface area (Å²) in [5, 5.41) is 3.72. The number of aliphatic imine (C=N–C) groups is 1. The predicted octanol–water partition coefficient (Wildman–Crippen LogP) is 5.04. The van der Waals surface area contributed by atoms with Crippen LogP contribution in [-0.2, 0) is 0 Å². The standard InChI is InChI=1S/C25H31N3/c1-3-4-5-6-9-12-19-28-20-26-24(22-17-15-21(2)16-18-22)27-25(28)23-13-10-7-8-11-14-23/h1,6-7,9-11,13-15,17,25H,4-5,8,12,16,18-20H2,2H3,(H,26,27)/b9-6-. The second-order valence-electron chi connectivity index (χ2n) is 7.45. The Morgan fingerprint density at radius 3 is 2.93 bits per heavy atom. The van der Waals surface area contributed by atoms with Crippen LogP contribution >= 0.6 is 0 Å². The topological polar surface area (TPSA) is 27.6 Å². The summed E-state index contributed by atoms with van der Waals surface area (Å²) >= 11 is 0. The molecule has 1 N–H and O–H groups in total. The van der Waals surface area contributed by atoms with Gasteiger partial charge in [-0.25, -0.2) is 0 Å². The van der Waals surface area contributed by atoms with Gasteiger partial charge in [-0.1, -0.05) is 60.3 Å². The van der Waals surface area contributed by atoms with Crippen LogP contribution in [0.2, 0.25) is 0 Å². The van der Waals surface area contributed by atoms with Crippen LogP contribution in [0.4, 0.5) is 0 Å². The van der Waals surface area contributed by atoms with E-state index in [4.69, 9.17) is 11.4 Å². The molecule has 1 aliphatic heterocycles. The van der Waals surface area contributed by atoms with E-state index in [0.29, 0.717) is 0 Å². The molecule has 0 aromatic heterocycles. The minimum Gasteiger partial charge on any atom is -0.351 e. The number of hydrogen-bond donors (Lipinski definition) is 1. The summed E-state index contributed by atoms with van der Waals surface area (Å²) in [4.78, 5) is 7.28. The molecular weight excluding hydrogens is 342 g/mol. The monoisotopic (exact) mass is 373 g/mol. The molecule has 3 nitrogen and oxygen atoms in total. The van der Waals surface area contributed by atoms with Crippen molar-refractivity contribution in [2.24, 2.45) is 4.99 Å². The first-order valence-corrected chi connectivity index (χ1v) is 10.3. The highest BCUT2D eigenvalue weighted by Gasteiger charge is 2.27. The lowest BCUT2D eigenvalue weighted by atomic mass is 9.98. The molecule has 0 aromatic rings. The van der Waals surface area contributed by atoms with Gasteiger partial charge in [0.25, 0.3) is 0 Å². The number of unbranched alkanes of at least 4 members (excludes halogenated alkanes) is 1. The van der Waals surface area contributed by atoms with Gasteiger partial charge in [0.1, 0.15) is 12.0 Å².